The van der Waals surface area contributed by atoms with Gasteiger partial charge in [0.25, 0.3) is 0 Å². The molecule has 0 heterocycles. The van der Waals surface area contributed by atoms with Crippen molar-refractivity contribution in [3.8, 4) is 0 Å². The lowest BCUT2D eigenvalue weighted by Gasteiger charge is -2.12. The number of hydrogen-bond donors (Lipinski definition) is 2. The van der Waals surface area contributed by atoms with E-state index in [2.05, 4.69) is 29.4 Å². The predicted molar refractivity (Wildman–Crippen MR) is 87.4 cm³/mol. The highest BCUT2D eigenvalue weighted by Crippen LogP contribution is 2.21. The zero-order chi connectivity index (χ0) is 15.9. The number of carboxylic acid groups (broad SMARTS) is 1. The fourth-order valence-electron chi connectivity index (χ4n) is 1.80. The van der Waals surface area contributed by atoms with Gasteiger partial charge < -0.3 is 10.4 Å². The van der Waals surface area contributed by atoms with Crippen LogP contribution in [0.15, 0.2) is 58.8 Å². The second kappa shape index (κ2) is 7.36. The van der Waals surface area contributed by atoms with Crippen LogP contribution in [0, 0.1) is 0 Å². The summed E-state index contributed by atoms with van der Waals surface area (Å²) in [6.45, 7) is 4.27. The Kier molecular flexibility index (Phi) is 5.25. The van der Waals surface area contributed by atoms with Gasteiger partial charge >= 0.3 is 5.97 Å². The van der Waals surface area contributed by atoms with Crippen LogP contribution >= 0.6 is 0 Å². The van der Waals surface area contributed by atoms with E-state index in [1.165, 1.54) is 12.1 Å². The molecule has 1 atom stereocenters. The number of carboxylic acids is 1. The molecule has 22 heavy (non-hydrogen) atoms. The van der Waals surface area contributed by atoms with Gasteiger partial charge in [-0.15, -0.1) is 0 Å². The summed E-state index contributed by atoms with van der Waals surface area (Å²) in [6, 6.07) is 14.4. The van der Waals surface area contributed by atoms with Crippen molar-refractivity contribution in [3.05, 3.63) is 54.1 Å². The van der Waals surface area contributed by atoms with Gasteiger partial charge in [0.2, 0.25) is 0 Å². The topological polar surface area (TPSA) is 74.0 Å². The van der Waals surface area contributed by atoms with Gasteiger partial charge in [-0.3, -0.25) is 0 Å². The first kappa shape index (κ1) is 15.7. The van der Waals surface area contributed by atoms with Crippen molar-refractivity contribution in [3.63, 3.8) is 0 Å². The Bertz CT molecular complexity index is 649. The lowest BCUT2D eigenvalue weighted by atomic mass is 10.2. The maximum absolute atomic E-state index is 10.8. The third kappa shape index (κ3) is 4.41. The minimum absolute atomic E-state index is 0.236. The lowest BCUT2D eigenvalue weighted by Crippen LogP contribution is -2.12. The molecule has 0 aromatic heterocycles. The summed E-state index contributed by atoms with van der Waals surface area (Å²) in [5.41, 5.74) is 2.65. The molecule has 5 nitrogen and oxygen atoms in total. The quantitative estimate of drug-likeness (QED) is 0.736. The monoisotopic (exact) mass is 297 g/mol. The summed E-state index contributed by atoms with van der Waals surface area (Å²) in [5.74, 6) is -0.951. The van der Waals surface area contributed by atoms with E-state index in [1.807, 2.05) is 24.3 Å². The Morgan fingerprint density at radius 3 is 2.00 bits per heavy atom. The molecule has 2 N–H and O–H groups in total. The first-order chi connectivity index (χ1) is 10.6. The van der Waals surface area contributed by atoms with Gasteiger partial charge in [-0.1, -0.05) is 6.92 Å². The molecule has 0 aliphatic rings. The lowest BCUT2D eigenvalue weighted by molar-refractivity contribution is 0.0697. The fourth-order valence-corrected chi connectivity index (χ4v) is 1.80. The highest BCUT2D eigenvalue weighted by molar-refractivity contribution is 5.87. The van der Waals surface area contributed by atoms with E-state index in [0.29, 0.717) is 11.7 Å². The maximum Gasteiger partial charge on any atom is 0.335 e. The summed E-state index contributed by atoms with van der Waals surface area (Å²) in [6.07, 6.45) is 1.06. The van der Waals surface area contributed by atoms with Crippen molar-refractivity contribution >= 4 is 23.0 Å². The van der Waals surface area contributed by atoms with Crippen molar-refractivity contribution in [2.75, 3.05) is 5.32 Å². The number of nitrogens with zero attached hydrogens (tertiary/aromatic N) is 2. The molecule has 2 aromatic carbocycles. The van der Waals surface area contributed by atoms with E-state index in [-0.39, 0.29) is 5.56 Å². The minimum Gasteiger partial charge on any atom is -0.478 e. The largest absolute Gasteiger partial charge is 0.478 e. The van der Waals surface area contributed by atoms with Crippen molar-refractivity contribution in [1.82, 2.24) is 0 Å². The molecular weight excluding hydrogens is 278 g/mol. The number of azo groups is 1. The highest BCUT2D eigenvalue weighted by Gasteiger charge is 2.01. The molecule has 114 valence electrons. The Balaban J connectivity index is 2.02. The van der Waals surface area contributed by atoms with Crippen LogP contribution in [0.2, 0.25) is 0 Å². The van der Waals surface area contributed by atoms with Crippen LogP contribution < -0.4 is 5.32 Å². The number of rotatable bonds is 6. The average Bonchev–Trinajstić information content (AvgIpc) is 2.54. The van der Waals surface area contributed by atoms with Crippen LogP contribution in [0.4, 0.5) is 17.1 Å². The average molecular weight is 297 g/mol. The van der Waals surface area contributed by atoms with Gasteiger partial charge in [0.15, 0.2) is 0 Å². The zero-order valence-electron chi connectivity index (χ0n) is 12.7. The van der Waals surface area contributed by atoms with Crippen molar-refractivity contribution in [2.24, 2.45) is 10.2 Å². The Morgan fingerprint density at radius 1 is 1.05 bits per heavy atom. The van der Waals surface area contributed by atoms with Crippen LogP contribution in [-0.4, -0.2) is 17.1 Å². The van der Waals surface area contributed by atoms with Crippen LogP contribution in [-0.2, 0) is 0 Å². The van der Waals surface area contributed by atoms with Crippen LogP contribution in [0.3, 0.4) is 0 Å². The van der Waals surface area contributed by atoms with Crippen molar-refractivity contribution < 1.29 is 9.90 Å². The van der Waals surface area contributed by atoms with E-state index < -0.39 is 5.97 Å². The maximum atomic E-state index is 10.8. The molecule has 0 saturated carbocycles. The molecule has 0 aliphatic heterocycles. The molecule has 0 aliphatic carbocycles. The van der Waals surface area contributed by atoms with Crippen molar-refractivity contribution in [2.45, 2.75) is 26.3 Å². The Hall–Kier alpha value is -2.69. The zero-order valence-corrected chi connectivity index (χ0v) is 12.7. The molecule has 0 amide bonds. The summed E-state index contributed by atoms with van der Waals surface area (Å²) in [5, 5.41) is 20.4. The molecule has 2 aromatic rings. The first-order valence-corrected chi connectivity index (χ1v) is 7.20. The number of carbonyl (C=O) groups is 1. The molecule has 0 spiro atoms. The van der Waals surface area contributed by atoms with E-state index >= 15 is 0 Å². The highest BCUT2D eigenvalue weighted by atomic mass is 16.4. The third-order valence-corrected chi connectivity index (χ3v) is 3.29. The van der Waals surface area contributed by atoms with Crippen molar-refractivity contribution in [1.29, 1.82) is 0 Å². The van der Waals surface area contributed by atoms with Gasteiger partial charge in [-0.2, -0.15) is 10.2 Å². The fraction of sp³-hybridized carbons (Fsp3) is 0.235. The second-order valence-electron chi connectivity index (χ2n) is 5.05. The molecule has 5 heteroatoms. The summed E-state index contributed by atoms with van der Waals surface area (Å²) < 4.78 is 0. The number of hydrogen-bond acceptors (Lipinski definition) is 4. The van der Waals surface area contributed by atoms with Crippen LogP contribution in [0.5, 0.6) is 0 Å². The number of aromatic carboxylic acids is 1. The van der Waals surface area contributed by atoms with Gasteiger partial charge in [-0.25, -0.2) is 4.79 Å². The van der Waals surface area contributed by atoms with E-state index in [9.17, 15) is 4.79 Å². The minimum atomic E-state index is -0.951. The summed E-state index contributed by atoms with van der Waals surface area (Å²) in [7, 11) is 0. The second-order valence-corrected chi connectivity index (χ2v) is 5.05. The van der Waals surface area contributed by atoms with Gasteiger partial charge in [0.05, 0.1) is 16.9 Å². The summed E-state index contributed by atoms with van der Waals surface area (Å²) in [4.78, 5) is 10.8. The number of anilines is 1. The molecule has 1 unspecified atom stereocenters. The van der Waals surface area contributed by atoms with Gasteiger partial charge in [0, 0.05) is 11.7 Å². The van der Waals surface area contributed by atoms with Crippen LogP contribution in [0.25, 0.3) is 0 Å². The van der Waals surface area contributed by atoms with E-state index in [4.69, 9.17) is 5.11 Å². The van der Waals surface area contributed by atoms with Gasteiger partial charge in [-0.05, 0) is 61.9 Å². The molecule has 2 rings (SSSR count). The van der Waals surface area contributed by atoms with Crippen LogP contribution in [0.1, 0.15) is 30.6 Å². The predicted octanol–water partition coefficient (Wildman–Crippen LogP) is 5.01. The summed E-state index contributed by atoms with van der Waals surface area (Å²) >= 11 is 0. The molecule has 0 bridgehead atoms. The molecular formula is C17H19N3O2. The van der Waals surface area contributed by atoms with E-state index in [1.54, 1.807) is 12.1 Å². The molecule has 0 fully saturated rings. The third-order valence-electron chi connectivity index (χ3n) is 3.29. The van der Waals surface area contributed by atoms with E-state index in [0.717, 1.165) is 17.8 Å². The van der Waals surface area contributed by atoms with Gasteiger partial charge in [0.1, 0.15) is 0 Å². The molecule has 0 radical (unpaired) electrons. The SMILES string of the molecule is CCC(C)Nc1ccc(N=Nc2ccc(C(=O)O)cc2)cc1. The number of benzene rings is 2. The molecule has 0 saturated heterocycles. The smallest absolute Gasteiger partial charge is 0.335 e. The first-order valence-electron chi connectivity index (χ1n) is 7.20. The standard InChI is InChI=1S/C17H19N3O2/c1-3-12(2)18-14-8-10-16(11-9-14)20-19-15-6-4-13(5-7-15)17(21)22/h4-12,18H,3H2,1-2H3,(H,21,22). The number of nitrogens with one attached hydrogen (secondary N) is 1. The Morgan fingerprint density at radius 2 is 1.55 bits per heavy atom. The normalized spacial score (nSPS) is 12.3. The Labute approximate surface area is 129 Å².